The first-order valence-corrected chi connectivity index (χ1v) is 10.8. The second-order valence-electron chi connectivity index (χ2n) is 7.48. The van der Waals surface area contributed by atoms with Crippen molar-refractivity contribution in [2.75, 3.05) is 19.0 Å². The van der Waals surface area contributed by atoms with Crippen molar-refractivity contribution in [2.24, 2.45) is 0 Å². The van der Waals surface area contributed by atoms with Gasteiger partial charge in [-0.2, -0.15) is 0 Å². The van der Waals surface area contributed by atoms with Crippen molar-refractivity contribution in [3.63, 3.8) is 0 Å². The molecule has 6 heteroatoms. The van der Waals surface area contributed by atoms with Crippen LogP contribution in [0.15, 0.2) is 60.2 Å². The molecule has 5 nitrogen and oxygen atoms in total. The summed E-state index contributed by atoms with van der Waals surface area (Å²) in [7, 11) is 1.66. The summed E-state index contributed by atoms with van der Waals surface area (Å²) >= 11 is 1.58. The van der Waals surface area contributed by atoms with Crippen molar-refractivity contribution in [1.29, 1.82) is 0 Å². The molecular weight excluding hydrogens is 394 g/mol. The standard InChI is InChI=1S/C24H25N3O2S/c1-15(2)16-4-6-18(7-5-16)21(12-28)27-23-22-20(13-30-24(22)26-14-25-23)17-8-10-19(29-3)11-9-17/h4-11,13-15,21,28H,12H2,1-3H3,(H,25,26,27). The van der Waals surface area contributed by atoms with Gasteiger partial charge < -0.3 is 15.2 Å². The minimum absolute atomic E-state index is 0.0332. The van der Waals surface area contributed by atoms with Crippen molar-refractivity contribution >= 4 is 27.4 Å². The maximum absolute atomic E-state index is 10.1. The molecule has 0 aliphatic heterocycles. The molecule has 30 heavy (non-hydrogen) atoms. The van der Waals surface area contributed by atoms with Crippen LogP contribution in [0.5, 0.6) is 5.75 Å². The van der Waals surface area contributed by atoms with E-state index in [1.54, 1.807) is 24.8 Å². The third kappa shape index (κ3) is 4.01. The van der Waals surface area contributed by atoms with Gasteiger partial charge in [-0.05, 0) is 34.7 Å². The van der Waals surface area contributed by atoms with Gasteiger partial charge >= 0.3 is 0 Å². The summed E-state index contributed by atoms with van der Waals surface area (Å²) in [6, 6.07) is 16.1. The Balaban J connectivity index is 1.70. The van der Waals surface area contributed by atoms with Gasteiger partial charge in [0.1, 0.15) is 22.7 Å². The van der Waals surface area contributed by atoms with E-state index in [4.69, 9.17) is 4.74 Å². The highest BCUT2D eigenvalue weighted by molar-refractivity contribution is 7.17. The van der Waals surface area contributed by atoms with Gasteiger partial charge in [-0.1, -0.05) is 50.2 Å². The van der Waals surface area contributed by atoms with Crippen LogP contribution in [-0.2, 0) is 0 Å². The average molecular weight is 420 g/mol. The van der Waals surface area contributed by atoms with E-state index in [1.165, 1.54) is 5.56 Å². The Labute approximate surface area is 180 Å². The maximum atomic E-state index is 10.1. The monoisotopic (exact) mass is 419 g/mol. The number of benzene rings is 2. The molecule has 0 fully saturated rings. The molecular formula is C24H25N3O2S. The Hall–Kier alpha value is -2.96. The molecule has 2 aromatic heterocycles. The summed E-state index contributed by atoms with van der Waals surface area (Å²) in [4.78, 5) is 9.85. The van der Waals surface area contributed by atoms with Gasteiger partial charge in [0.15, 0.2) is 0 Å². The fourth-order valence-corrected chi connectivity index (χ4v) is 4.40. The average Bonchev–Trinajstić information content (AvgIpc) is 3.22. The SMILES string of the molecule is COc1ccc(-c2csc3ncnc(NC(CO)c4ccc(C(C)C)cc4)c23)cc1. The number of fused-ring (bicyclic) bond motifs is 1. The number of aromatic nitrogens is 2. The van der Waals surface area contributed by atoms with E-state index in [-0.39, 0.29) is 12.6 Å². The summed E-state index contributed by atoms with van der Waals surface area (Å²) in [6.45, 7) is 4.31. The van der Waals surface area contributed by atoms with E-state index in [9.17, 15) is 5.11 Å². The number of aliphatic hydroxyl groups excluding tert-OH is 1. The van der Waals surface area contributed by atoms with Crippen LogP contribution in [0.25, 0.3) is 21.3 Å². The van der Waals surface area contributed by atoms with Crippen LogP contribution >= 0.6 is 11.3 Å². The smallest absolute Gasteiger partial charge is 0.139 e. The van der Waals surface area contributed by atoms with Gasteiger partial charge in [0.2, 0.25) is 0 Å². The summed E-state index contributed by atoms with van der Waals surface area (Å²) < 4.78 is 5.27. The molecule has 0 amide bonds. The molecule has 0 aliphatic carbocycles. The Morgan fingerprint density at radius 1 is 1.00 bits per heavy atom. The van der Waals surface area contributed by atoms with E-state index in [2.05, 4.69) is 58.8 Å². The minimum Gasteiger partial charge on any atom is -0.497 e. The molecule has 0 saturated carbocycles. The Kier molecular flexibility index (Phi) is 5.97. The zero-order chi connectivity index (χ0) is 21.1. The molecule has 4 rings (SSSR count). The molecule has 0 aliphatic rings. The Bertz CT molecular complexity index is 1120. The molecule has 2 heterocycles. The van der Waals surface area contributed by atoms with Crippen LogP contribution in [0.4, 0.5) is 5.82 Å². The molecule has 154 valence electrons. The first kappa shape index (κ1) is 20.3. The number of ether oxygens (including phenoxy) is 1. The molecule has 0 radical (unpaired) electrons. The third-order valence-electron chi connectivity index (χ3n) is 5.27. The number of hydrogen-bond acceptors (Lipinski definition) is 6. The molecule has 1 atom stereocenters. The van der Waals surface area contributed by atoms with E-state index < -0.39 is 0 Å². The van der Waals surface area contributed by atoms with E-state index in [1.807, 2.05) is 24.3 Å². The third-order valence-corrected chi connectivity index (χ3v) is 6.16. The van der Waals surface area contributed by atoms with Gasteiger partial charge in [-0.25, -0.2) is 9.97 Å². The number of anilines is 1. The predicted octanol–water partition coefficient (Wildman–Crippen LogP) is 5.64. The number of thiophene rings is 1. The number of nitrogens with one attached hydrogen (secondary N) is 1. The quantitative estimate of drug-likeness (QED) is 0.406. The number of hydrogen-bond donors (Lipinski definition) is 2. The lowest BCUT2D eigenvalue weighted by molar-refractivity contribution is 0.276. The highest BCUT2D eigenvalue weighted by Crippen LogP contribution is 2.38. The van der Waals surface area contributed by atoms with E-state index in [0.29, 0.717) is 5.92 Å². The fraction of sp³-hybridized carbons (Fsp3) is 0.250. The number of aliphatic hydroxyl groups is 1. The van der Waals surface area contributed by atoms with Gasteiger partial charge in [-0.3, -0.25) is 0 Å². The second kappa shape index (κ2) is 8.81. The van der Waals surface area contributed by atoms with Crippen molar-refractivity contribution in [3.8, 4) is 16.9 Å². The van der Waals surface area contributed by atoms with Crippen molar-refractivity contribution < 1.29 is 9.84 Å². The summed E-state index contributed by atoms with van der Waals surface area (Å²) in [5, 5.41) is 16.6. The highest BCUT2D eigenvalue weighted by Gasteiger charge is 2.17. The summed E-state index contributed by atoms with van der Waals surface area (Å²) in [5.41, 5.74) is 4.43. The summed E-state index contributed by atoms with van der Waals surface area (Å²) in [6.07, 6.45) is 1.56. The Morgan fingerprint density at radius 3 is 2.33 bits per heavy atom. The lowest BCUT2D eigenvalue weighted by Crippen LogP contribution is -2.16. The number of methoxy groups -OCH3 is 1. The van der Waals surface area contributed by atoms with Crippen LogP contribution in [0.1, 0.15) is 36.9 Å². The predicted molar refractivity (Wildman–Crippen MR) is 123 cm³/mol. The molecule has 0 bridgehead atoms. The van der Waals surface area contributed by atoms with Crippen LogP contribution in [0.3, 0.4) is 0 Å². The van der Waals surface area contributed by atoms with Gasteiger partial charge in [0.25, 0.3) is 0 Å². The highest BCUT2D eigenvalue weighted by atomic mass is 32.1. The lowest BCUT2D eigenvalue weighted by atomic mass is 9.99. The van der Waals surface area contributed by atoms with Crippen LogP contribution in [-0.4, -0.2) is 28.8 Å². The number of rotatable bonds is 7. The topological polar surface area (TPSA) is 67.3 Å². The lowest BCUT2D eigenvalue weighted by Gasteiger charge is -2.19. The van der Waals surface area contributed by atoms with Crippen molar-refractivity contribution in [1.82, 2.24) is 9.97 Å². The zero-order valence-electron chi connectivity index (χ0n) is 17.3. The van der Waals surface area contributed by atoms with Gasteiger partial charge in [0.05, 0.1) is 25.1 Å². The first-order valence-electron chi connectivity index (χ1n) is 9.94. The van der Waals surface area contributed by atoms with Crippen LogP contribution < -0.4 is 10.1 Å². The minimum atomic E-state index is -0.257. The fourth-order valence-electron chi connectivity index (χ4n) is 3.48. The van der Waals surface area contributed by atoms with Crippen LogP contribution in [0.2, 0.25) is 0 Å². The maximum Gasteiger partial charge on any atom is 0.139 e. The molecule has 0 spiro atoms. The van der Waals surface area contributed by atoms with Gasteiger partial charge in [-0.15, -0.1) is 11.3 Å². The molecule has 4 aromatic rings. The zero-order valence-corrected chi connectivity index (χ0v) is 18.1. The molecule has 2 aromatic carbocycles. The van der Waals surface area contributed by atoms with Crippen molar-refractivity contribution in [2.45, 2.75) is 25.8 Å². The first-order chi connectivity index (χ1) is 14.6. The van der Waals surface area contributed by atoms with E-state index in [0.717, 1.165) is 38.5 Å². The van der Waals surface area contributed by atoms with Gasteiger partial charge in [0, 0.05) is 10.9 Å². The summed E-state index contributed by atoms with van der Waals surface area (Å²) in [5.74, 6) is 2.01. The molecule has 2 N–H and O–H groups in total. The molecule has 0 saturated heterocycles. The second-order valence-corrected chi connectivity index (χ2v) is 8.34. The van der Waals surface area contributed by atoms with E-state index >= 15 is 0 Å². The number of nitrogens with zero attached hydrogens (tertiary/aromatic N) is 2. The normalized spacial score (nSPS) is 12.3. The van der Waals surface area contributed by atoms with Crippen LogP contribution in [0, 0.1) is 0 Å². The molecule has 1 unspecified atom stereocenters. The van der Waals surface area contributed by atoms with Crippen molar-refractivity contribution in [3.05, 3.63) is 71.4 Å². The largest absolute Gasteiger partial charge is 0.497 e. The Morgan fingerprint density at radius 2 is 1.70 bits per heavy atom.